The third kappa shape index (κ3) is 2.75. The lowest BCUT2D eigenvalue weighted by molar-refractivity contribution is 0.0898. The Bertz CT molecular complexity index is 675. The molecule has 2 unspecified atom stereocenters. The van der Waals surface area contributed by atoms with Crippen molar-refractivity contribution >= 4 is 15.9 Å². The molecule has 2 aromatic carbocycles. The van der Waals surface area contributed by atoms with E-state index in [1.165, 1.54) is 19.1 Å². The Labute approximate surface area is 129 Å². The van der Waals surface area contributed by atoms with E-state index in [0.717, 1.165) is 0 Å². The molecule has 0 fully saturated rings. The second kappa shape index (κ2) is 5.64. The standard InChI is InChI=1S/C16H13BrF2O2/c1-9-6-12(19)10(7-11(9)18)16(17)15-8-20-13-4-2-3-5-14(13)21-15/h2-7,15-16H,8H2,1H3. The summed E-state index contributed by atoms with van der Waals surface area (Å²) in [5.74, 6) is 0.362. The fraction of sp³-hybridized carbons (Fsp3) is 0.250. The van der Waals surface area contributed by atoms with E-state index >= 15 is 0 Å². The molecule has 0 spiro atoms. The fourth-order valence-electron chi connectivity index (χ4n) is 2.25. The highest BCUT2D eigenvalue weighted by atomic mass is 79.9. The number of alkyl halides is 1. The van der Waals surface area contributed by atoms with E-state index in [1.54, 1.807) is 12.1 Å². The molecule has 2 atom stereocenters. The van der Waals surface area contributed by atoms with Gasteiger partial charge in [-0.15, -0.1) is 0 Å². The van der Waals surface area contributed by atoms with Crippen molar-refractivity contribution in [1.82, 2.24) is 0 Å². The molecule has 0 radical (unpaired) electrons. The lowest BCUT2D eigenvalue weighted by Crippen LogP contribution is -2.33. The molecule has 2 nitrogen and oxygen atoms in total. The van der Waals surface area contributed by atoms with Crippen LogP contribution in [0.2, 0.25) is 0 Å². The van der Waals surface area contributed by atoms with Crippen LogP contribution >= 0.6 is 15.9 Å². The molecule has 1 aliphatic rings. The number of rotatable bonds is 2. The van der Waals surface area contributed by atoms with Gasteiger partial charge in [-0.05, 0) is 36.8 Å². The average molecular weight is 355 g/mol. The first kappa shape index (κ1) is 14.3. The smallest absolute Gasteiger partial charge is 0.161 e. The molecule has 0 amide bonds. The number of fused-ring (bicyclic) bond motifs is 1. The minimum Gasteiger partial charge on any atom is -0.486 e. The van der Waals surface area contributed by atoms with Crippen molar-refractivity contribution in [2.24, 2.45) is 0 Å². The SMILES string of the molecule is Cc1cc(F)c(C(Br)C2COc3ccccc3O2)cc1F. The van der Waals surface area contributed by atoms with Crippen molar-refractivity contribution in [3.05, 3.63) is 59.2 Å². The normalized spacial score (nSPS) is 18.4. The molecule has 0 saturated heterocycles. The van der Waals surface area contributed by atoms with Gasteiger partial charge in [0.15, 0.2) is 11.5 Å². The molecular formula is C16H13BrF2O2. The van der Waals surface area contributed by atoms with Gasteiger partial charge in [-0.25, -0.2) is 8.78 Å². The number of hydrogen-bond donors (Lipinski definition) is 0. The van der Waals surface area contributed by atoms with Gasteiger partial charge in [-0.3, -0.25) is 0 Å². The molecule has 21 heavy (non-hydrogen) atoms. The fourth-order valence-corrected chi connectivity index (χ4v) is 2.86. The molecule has 1 aliphatic heterocycles. The van der Waals surface area contributed by atoms with Crippen LogP contribution in [0.3, 0.4) is 0 Å². The maximum absolute atomic E-state index is 14.0. The number of aryl methyl sites for hydroxylation is 1. The van der Waals surface area contributed by atoms with Crippen LogP contribution in [0, 0.1) is 18.6 Å². The molecule has 0 saturated carbocycles. The number of ether oxygens (including phenoxy) is 2. The van der Waals surface area contributed by atoms with Gasteiger partial charge >= 0.3 is 0 Å². The summed E-state index contributed by atoms with van der Waals surface area (Å²) in [5.41, 5.74) is 0.508. The zero-order valence-corrected chi connectivity index (χ0v) is 12.9. The van der Waals surface area contributed by atoms with Gasteiger partial charge in [0.25, 0.3) is 0 Å². The summed E-state index contributed by atoms with van der Waals surface area (Å²) in [6.07, 6.45) is -0.434. The molecule has 110 valence electrons. The van der Waals surface area contributed by atoms with Gasteiger partial charge in [0.05, 0.1) is 4.83 Å². The Kier molecular flexibility index (Phi) is 3.85. The highest BCUT2D eigenvalue weighted by molar-refractivity contribution is 9.09. The Hall–Kier alpha value is -1.62. The van der Waals surface area contributed by atoms with E-state index in [-0.39, 0.29) is 17.7 Å². The minimum atomic E-state index is -0.499. The third-order valence-electron chi connectivity index (χ3n) is 3.43. The summed E-state index contributed by atoms with van der Waals surface area (Å²) in [4.78, 5) is -0.499. The Morgan fingerprint density at radius 2 is 1.86 bits per heavy atom. The highest BCUT2D eigenvalue weighted by Gasteiger charge is 2.30. The van der Waals surface area contributed by atoms with Crippen LogP contribution in [0.5, 0.6) is 11.5 Å². The maximum atomic E-state index is 14.0. The summed E-state index contributed by atoms with van der Waals surface area (Å²) in [7, 11) is 0. The van der Waals surface area contributed by atoms with Crippen LogP contribution in [-0.2, 0) is 0 Å². The van der Waals surface area contributed by atoms with Crippen LogP contribution < -0.4 is 9.47 Å². The molecule has 3 rings (SSSR count). The predicted octanol–water partition coefficient (Wildman–Crippen LogP) is 4.55. The van der Waals surface area contributed by atoms with Gasteiger partial charge < -0.3 is 9.47 Å². The van der Waals surface area contributed by atoms with Gasteiger partial charge in [-0.1, -0.05) is 28.1 Å². The van der Waals surface area contributed by atoms with Crippen LogP contribution in [-0.4, -0.2) is 12.7 Å². The van der Waals surface area contributed by atoms with Crippen molar-refractivity contribution in [3.8, 4) is 11.5 Å². The molecule has 2 aromatic rings. The van der Waals surface area contributed by atoms with Crippen molar-refractivity contribution in [2.75, 3.05) is 6.61 Å². The van der Waals surface area contributed by atoms with Gasteiger partial charge in [-0.2, -0.15) is 0 Å². The molecule has 5 heteroatoms. The summed E-state index contributed by atoms with van der Waals surface area (Å²) < 4.78 is 39.1. The Morgan fingerprint density at radius 1 is 1.14 bits per heavy atom. The first-order valence-electron chi connectivity index (χ1n) is 6.54. The minimum absolute atomic E-state index is 0.228. The van der Waals surface area contributed by atoms with Gasteiger partial charge in [0, 0.05) is 5.56 Å². The first-order chi connectivity index (χ1) is 10.1. The third-order valence-corrected chi connectivity index (χ3v) is 4.51. The van der Waals surface area contributed by atoms with Crippen molar-refractivity contribution in [3.63, 3.8) is 0 Å². The number of hydrogen-bond acceptors (Lipinski definition) is 2. The van der Waals surface area contributed by atoms with E-state index in [9.17, 15) is 8.78 Å². The first-order valence-corrected chi connectivity index (χ1v) is 7.46. The van der Waals surface area contributed by atoms with E-state index in [0.29, 0.717) is 11.5 Å². The van der Waals surface area contributed by atoms with Crippen molar-refractivity contribution in [1.29, 1.82) is 0 Å². The molecule has 0 aliphatic carbocycles. The summed E-state index contributed by atoms with van der Waals surface area (Å²) in [6, 6.07) is 9.67. The molecule has 0 N–H and O–H groups in total. The highest BCUT2D eigenvalue weighted by Crippen LogP contribution is 2.38. The predicted molar refractivity (Wildman–Crippen MR) is 79.1 cm³/mol. The number of halogens is 3. The topological polar surface area (TPSA) is 18.5 Å². The molecule has 0 bridgehead atoms. The molecule has 0 aromatic heterocycles. The van der Waals surface area contributed by atoms with Crippen molar-refractivity contribution in [2.45, 2.75) is 17.9 Å². The van der Waals surface area contributed by atoms with Crippen LogP contribution in [0.25, 0.3) is 0 Å². The van der Waals surface area contributed by atoms with Crippen LogP contribution in [0.15, 0.2) is 36.4 Å². The lowest BCUT2D eigenvalue weighted by atomic mass is 10.0. The van der Waals surface area contributed by atoms with E-state index in [2.05, 4.69) is 15.9 Å². The zero-order chi connectivity index (χ0) is 15.0. The van der Waals surface area contributed by atoms with E-state index in [4.69, 9.17) is 9.47 Å². The summed E-state index contributed by atoms with van der Waals surface area (Å²) in [6.45, 7) is 1.80. The monoisotopic (exact) mass is 354 g/mol. The van der Waals surface area contributed by atoms with E-state index in [1.807, 2.05) is 12.1 Å². The van der Waals surface area contributed by atoms with Gasteiger partial charge in [0.2, 0.25) is 0 Å². The lowest BCUT2D eigenvalue weighted by Gasteiger charge is -2.30. The second-order valence-electron chi connectivity index (χ2n) is 4.94. The second-order valence-corrected chi connectivity index (χ2v) is 5.93. The van der Waals surface area contributed by atoms with Gasteiger partial charge in [0.1, 0.15) is 24.3 Å². The number of benzene rings is 2. The molecular weight excluding hydrogens is 342 g/mol. The summed E-state index contributed by atoms with van der Waals surface area (Å²) in [5, 5.41) is 0. The average Bonchev–Trinajstić information content (AvgIpc) is 2.50. The van der Waals surface area contributed by atoms with Crippen LogP contribution in [0.1, 0.15) is 16.0 Å². The number of para-hydroxylation sites is 2. The largest absolute Gasteiger partial charge is 0.486 e. The summed E-state index contributed by atoms with van der Waals surface area (Å²) >= 11 is 3.40. The van der Waals surface area contributed by atoms with Crippen LogP contribution in [0.4, 0.5) is 8.78 Å². The van der Waals surface area contributed by atoms with E-state index < -0.39 is 22.6 Å². The Balaban J connectivity index is 1.87. The zero-order valence-electron chi connectivity index (χ0n) is 11.3. The van der Waals surface area contributed by atoms with Crippen molar-refractivity contribution < 1.29 is 18.3 Å². The maximum Gasteiger partial charge on any atom is 0.161 e. The molecule has 1 heterocycles. The quantitative estimate of drug-likeness (QED) is 0.736. The Morgan fingerprint density at radius 3 is 2.62 bits per heavy atom.